The first-order valence-corrected chi connectivity index (χ1v) is 4.95. The van der Waals surface area contributed by atoms with Crippen molar-refractivity contribution in [2.45, 2.75) is 19.8 Å². The maximum Gasteiger partial charge on any atom is 0.0926 e. The summed E-state index contributed by atoms with van der Waals surface area (Å²) in [6, 6.07) is 6.41. The van der Waals surface area contributed by atoms with Gasteiger partial charge in [-0.25, -0.2) is 0 Å². The van der Waals surface area contributed by atoms with Gasteiger partial charge < -0.3 is 5.73 Å². The van der Waals surface area contributed by atoms with Gasteiger partial charge in [0.1, 0.15) is 0 Å². The van der Waals surface area contributed by atoms with Crippen molar-refractivity contribution in [2.24, 2.45) is 5.73 Å². The summed E-state index contributed by atoms with van der Waals surface area (Å²) in [5, 5.41) is 8.43. The van der Waals surface area contributed by atoms with Crippen molar-refractivity contribution in [1.29, 1.82) is 0 Å². The number of aromatic nitrogens is 2. The first-order valence-electron chi connectivity index (χ1n) is 4.95. The molecule has 1 aromatic carbocycles. The lowest BCUT2D eigenvalue weighted by Gasteiger charge is -1.99. The number of fused-ring (bicyclic) bond motifs is 1. The molecule has 2 aromatic rings. The molecule has 0 amide bonds. The molecule has 1 aromatic heterocycles. The second-order valence-electron chi connectivity index (χ2n) is 3.59. The van der Waals surface area contributed by atoms with Crippen molar-refractivity contribution in [3.63, 3.8) is 0 Å². The Kier molecular flexibility index (Phi) is 2.50. The highest BCUT2D eigenvalue weighted by molar-refractivity contribution is 5.81. The Morgan fingerprint density at radius 2 is 2.29 bits per heavy atom. The largest absolute Gasteiger partial charge is 0.330 e. The number of aryl methyl sites for hydroxylation is 2. The molecule has 0 fully saturated rings. The number of rotatable bonds is 3. The van der Waals surface area contributed by atoms with Crippen LogP contribution in [0.2, 0.25) is 0 Å². The van der Waals surface area contributed by atoms with Crippen molar-refractivity contribution in [3.05, 3.63) is 29.5 Å². The lowest BCUT2D eigenvalue weighted by atomic mass is 10.1. The van der Waals surface area contributed by atoms with Crippen LogP contribution in [0.5, 0.6) is 0 Å². The molecule has 0 bridgehead atoms. The quantitative estimate of drug-likeness (QED) is 0.773. The average Bonchev–Trinajstić information content (AvgIpc) is 2.57. The Morgan fingerprint density at radius 1 is 1.43 bits per heavy atom. The van der Waals surface area contributed by atoms with E-state index in [0.29, 0.717) is 0 Å². The molecule has 0 saturated carbocycles. The first-order chi connectivity index (χ1) is 6.81. The summed E-state index contributed by atoms with van der Waals surface area (Å²) in [5.74, 6) is 0. The van der Waals surface area contributed by atoms with E-state index in [-0.39, 0.29) is 0 Å². The molecule has 3 nitrogen and oxygen atoms in total. The SMILES string of the molecule is Cc1[nH]nc2cc(CCCN)ccc12. The Balaban J connectivity index is 2.32. The van der Waals surface area contributed by atoms with Gasteiger partial charge in [-0.15, -0.1) is 0 Å². The predicted molar refractivity (Wildman–Crippen MR) is 58.2 cm³/mol. The number of nitrogens with one attached hydrogen (secondary N) is 1. The minimum atomic E-state index is 0.748. The number of H-pyrrole nitrogens is 1. The van der Waals surface area contributed by atoms with Crippen molar-refractivity contribution < 1.29 is 0 Å². The summed E-state index contributed by atoms with van der Waals surface area (Å²) >= 11 is 0. The third-order valence-electron chi connectivity index (χ3n) is 2.48. The van der Waals surface area contributed by atoms with Crippen LogP contribution in [0.1, 0.15) is 17.7 Å². The molecule has 0 saturated heterocycles. The summed E-state index contributed by atoms with van der Waals surface area (Å²) < 4.78 is 0. The number of benzene rings is 1. The molecule has 0 atom stereocenters. The smallest absolute Gasteiger partial charge is 0.0926 e. The van der Waals surface area contributed by atoms with Crippen LogP contribution < -0.4 is 5.73 Å². The fourth-order valence-electron chi connectivity index (χ4n) is 1.65. The van der Waals surface area contributed by atoms with Gasteiger partial charge in [0.25, 0.3) is 0 Å². The molecule has 0 radical (unpaired) electrons. The molecule has 0 aliphatic rings. The Morgan fingerprint density at radius 3 is 3.07 bits per heavy atom. The Bertz CT molecular complexity index is 431. The minimum Gasteiger partial charge on any atom is -0.330 e. The molecule has 74 valence electrons. The number of hydrogen-bond acceptors (Lipinski definition) is 2. The third kappa shape index (κ3) is 1.63. The van der Waals surface area contributed by atoms with E-state index in [9.17, 15) is 0 Å². The summed E-state index contributed by atoms with van der Waals surface area (Å²) in [7, 11) is 0. The van der Waals surface area contributed by atoms with Gasteiger partial charge in [0.05, 0.1) is 5.52 Å². The van der Waals surface area contributed by atoms with E-state index in [2.05, 4.69) is 28.4 Å². The van der Waals surface area contributed by atoms with Crippen molar-refractivity contribution in [2.75, 3.05) is 6.54 Å². The fourth-order valence-corrected chi connectivity index (χ4v) is 1.65. The highest BCUT2D eigenvalue weighted by Crippen LogP contribution is 2.17. The summed E-state index contributed by atoms with van der Waals surface area (Å²) in [5.41, 5.74) is 8.97. The minimum absolute atomic E-state index is 0.748. The summed E-state index contributed by atoms with van der Waals surface area (Å²) in [6.45, 7) is 2.78. The highest BCUT2D eigenvalue weighted by atomic mass is 15.1. The molecule has 3 N–H and O–H groups in total. The van der Waals surface area contributed by atoms with Gasteiger partial charge in [0.15, 0.2) is 0 Å². The van der Waals surface area contributed by atoms with Crippen LogP contribution >= 0.6 is 0 Å². The zero-order valence-electron chi connectivity index (χ0n) is 8.38. The number of nitrogens with two attached hydrogens (primary N) is 1. The van der Waals surface area contributed by atoms with E-state index in [4.69, 9.17) is 5.73 Å². The standard InChI is InChI=1S/C11H15N3/c1-8-10-5-4-9(3-2-6-12)7-11(10)14-13-8/h4-5,7H,2-3,6,12H2,1H3,(H,13,14). The fraction of sp³-hybridized carbons (Fsp3) is 0.364. The van der Waals surface area contributed by atoms with Crippen molar-refractivity contribution >= 4 is 10.9 Å². The van der Waals surface area contributed by atoms with Crippen LogP contribution in [-0.4, -0.2) is 16.7 Å². The molecular weight excluding hydrogens is 174 g/mol. The molecule has 0 unspecified atom stereocenters. The molecule has 14 heavy (non-hydrogen) atoms. The summed E-state index contributed by atoms with van der Waals surface area (Å²) in [6.07, 6.45) is 2.08. The maximum absolute atomic E-state index is 5.47. The van der Waals surface area contributed by atoms with Gasteiger partial charge in [-0.05, 0) is 37.9 Å². The number of aromatic amines is 1. The second kappa shape index (κ2) is 3.80. The van der Waals surface area contributed by atoms with E-state index >= 15 is 0 Å². The molecule has 0 aliphatic carbocycles. The van der Waals surface area contributed by atoms with Gasteiger partial charge in [-0.2, -0.15) is 5.10 Å². The maximum atomic E-state index is 5.47. The lowest BCUT2D eigenvalue weighted by molar-refractivity contribution is 0.833. The van der Waals surface area contributed by atoms with Gasteiger partial charge in [0, 0.05) is 11.1 Å². The topological polar surface area (TPSA) is 54.7 Å². The third-order valence-corrected chi connectivity index (χ3v) is 2.48. The highest BCUT2D eigenvalue weighted by Gasteiger charge is 2.01. The van der Waals surface area contributed by atoms with Gasteiger partial charge in [0.2, 0.25) is 0 Å². The average molecular weight is 189 g/mol. The lowest BCUT2D eigenvalue weighted by Crippen LogP contribution is -2.00. The van der Waals surface area contributed by atoms with Crippen LogP contribution in [0.15, 0.2) is 18.2 Å². The second-order valence-corrected chi connectivity index (χ2v) is 3.59. The molecule has 0 spiro atoms. The van der Waals surface area contributed by atoms with E-state index in [1.54, 1.807) is 0 Å². The Labute approximate surface area is 83.3 Å². The molecule has 3 heteroatoms. The van der Waals surface area contributed by atoms with Crippen molar-refractivity contribution in [1.82, 2.24) is 10.2 Å². The van der Waals surface area contributed by atoms with E-state index < -0.39 is 0 Å². The number of hydrogen-bond donors (Lipinski definition) is 2. The normalized spacial score (nSPS) is 11.0. The molecule has 2 rings (SSSR count). The van der Waals surface area contributed by atoms with E-state index in [1.807, 2.05) is 6.92 Å². The monoisotopic (exact) mass is 189 g/mol. The zero-order valence-corrected chi connectivity index (χ0v) is 8.38. The van der Waals surface area contributed by atoms with Crippen LogP contribution in [-0.2, 0) is 6.42 Å². The van der Waals surface area contributed by atoms with Gasteiger partial charge in [-0.3, -0.25) is 5.10 Å². The van der Waals surface area contributed by atoms with Crippen LogP contribution in [0.3, 0.4) is 0 Å². The van der Waals surface area contributed by atoms with Crippen LogP contribution in [0.25, 0.3) is 10.9 Å². The summed E-state index contributed by atoms with van der Waals surface area (Å²) in [4.78, 5) is 0. The van der Waals surface area contributed by atoms with Gasteiger partial charge >= 0.3 is 0 Å². The molecular formula is C11H15N3. The first kappa shape index (κ1) is 9.21. The molecule has 0 aliphatic heterocycles. The van der Waals surface area contributed by atoms with E-state index in [0.717, 1.165) is 30.6 Å². The zero-order chi connectivity index (χ0) is 9.97. The predicted octanol–water partition coefficient (Wildman–Crippen LogP) is 1.76. The molecule has 1 heterocycles. The number of nitrogens with zero attached hydrogens (tertiary/aromatic N) is 1. The van der Waals surface area contributed by atoms with Crippen LogP contribution in [0, 0.1) is 6.92 Å². The van der Waals surface area contributed by atoms with E-state index in [1.165, 1.54) is 10.9 Å². The van der Waals surface area contributed by atoms with Crippen molar-refractivity contribution in [3.8, 4) is 0 Å². The van der Waals surface area contributed by atoms with Gasteiger partial charge in [-0.1, -0.05) is 12.1 Å². The van der Waals surface area contributed by atoms with Crippen LogP contribution in [0.4, 0.5) is 0 Å². The Hall–Kier alpha value is -1.35.